The maximum atomic E-state index is 10.5. The molecule has 2 N–H and O–H groups in total. The molecule has 0 aliphatic heterocycles. The first-order valence-corrected chi connectivity index (χ1v) is 6.04. The lowest BCUT2D eigenvalue weighted by Crippen LogP contribution is -2.29. The molecule has 0 amide bonds. The molecular formula is C16H18O2. The first-order chi connectivity index (χ1) is 8.51. The molecule has 2 rings (SSSR count). The summed E-state index contributed by atoms with van der Waals surface area (Å²) in [4.78, 5) is 0. The third-order valence-corrected chi connectivity index (χ3v) is 3.28. The molecule has 18 heavy (non-hydrogen) atoms. The Bertz CT molecular complexity index is 500. The molecule has 94 valence electrons. The molecule has 0 heterocycles. The molecule has 2 atom stereocenters. The fourth-order valence-corrected chi connectivity index (χ4v) is 2.01. The van der Waals surface area contributed by atoms with E-state index in [1.165, 1.54) is 0 Å². The highest BCUT2D eigenvalue weighted by Crippen LogP contribution is 2.34. The van der Waals surface area contributed by atoms with E-state index in [0.29, 0.717) is 5.56 Å². The van der Waals surface area contributed by atoms with Gasteiger partial charge in [0.05, 0.1) is 0 Å². The van der Waals surface area contributed by atoms with Crippen molar-refractivity contribution in [2.24, 2.45) is 0 Å². The lowest BCUT2D eigenvalue weighted by Gasteiger charge is -2.30. The molecule has 0 saturated heterocycles. The fourth-order valence-electron chi connectivity index (χ4n) is 2.01. The highest BCUT2D eigenvalue weighted by Gasteiger charge is 2.33. The maximum Gasteiger partial charge on any atom is 0.117 e. The zero-order valence-corrected chi connectivity index (χ0v) is 10.7. The van der Waals surface area contributed by atoms with Crippen molar-refractivity contribution in [3.63, 3.8) is 0 Å². The van der Waals surface area contributed by atoms with E-state index in [9.17, 15) is 10.2 Å². The van der Waals surface area contributed by atoms with Gasteiger partial charge < -0.3 is 10.2 Å². The topological polar surface area (TPSA) is 40.5 Å². The Balaban J connectivity index is 2.32. The monoisotopic (exact) mass is 242 g/mol. The van der Waals surface area contributed by atoms with Crippen LogP contribution in [0.2, 0.25) is 0 Å². The van der Waals surface area contributed by atoms with Crippen LogP contribution in [0.5, 0.6) is 0 Å². The zero-order chi connectivity index (χ0) is 13.2. The van der Waals surface area contributed by atoms with Crippen LogP contribution in [0.25, 0.3) is 0 Å². The van der Waals surface area contributed by atoms with Gasteiger partial charge in [-0.15, -0.1) is 0 Å². The van der Waals surface area contributed by atoms with E-state index in [-0.39, 0.29) is 0 Å². The average molecular weight is 242 g/mol. The number of aliphatic hydroxyl groups excluding tert-OH is 1. The number of rotatable bonds is 3. The van der Waals surface area contributed by atoms with Gasteiger partial charge in [-0.3, -0.25) is 0 Å². The quantitative estimate of drug-likeness (QED) is 0.868. The molecule has 0 bridgehead atoms. The second-order valence-corrected chi connectivity index (χ2v) is 4.83. The highest BCUT2D eigenvalue weighted by molar-refractivity contribution is 5.30. The summed E-state index contributed by atoms with van der Waals surface area (Å²) in [6.07, 6.45) is -0.944. The summed E-state index contributed by atoms with van der Waals surface area (Å²) in [6.45, 7) is 3.62. The maximum absolute atomic E-state index is 10.5. The van der Waals surface area contributed by atoms with Gasteiger partial charge in [-0.1, -0.05) is 60.2 Å². The lowest BCUT2D eigenvalue weighted by atomic mass is 9.86. The van der Waals surface area contributed by atoms with Crippen LogP contribution in [0.3, 0.4) is 0 Å². The van der Waals surface area contributed by atoms with Gasteiger partial charge in [0.2, 0.25) is 0 Å². The minimum absolute atomic E-state index is 0.707. The van der Waals surface area contributed by atoms with Crippen molar-refractivity contribution >= 4 is 0 Å². The first-order valence-electron chi connectivity index (χ1n) is 6.04. The Morgan fingerprint density at radius 1 is 0.944 bits per heavy atom. The summed E-state index contributed by atoms with van der Waals surface area (Å²) in [5.41, 5.74) is 1.26. The molecule has 0 aliphatic carbocycles. The zero-order valence-electron chi connectivity index (χ0n) is 10.7. The van der Waals surface area contributed by atoms with E-state index >= 15 is 0 Å². The van der Waals surface area contributed by atoms with Gasteiger partial charge in [-0.2, -0.15) is 0 Å². The van der Waals surface area contributed by atoms with Crippen LogP contribution in [-0.4, -0.2) is 10.2 Å². The van der Waals surface area contributed by atoms with Crippen LogP contribution in [-0.2, 0) is 5.60 Å². The second-order valence-electron chi connectivity index (χ2n) is 4.83. The SMILES string of the molecule is Cc1ccc([C@H](O)[C@@](C)(O)c2ccccc2)cc1. The molecule has 2 heteroatoms. The molecule has 0 aliphatic rings. The molecule has 0 saturated carbocycles. The van der Waals surface area contributed by atoms with Gasteiger partial charge >= 0.3 is 0 Å². The van der Waals surface area contributed by atoms with Gasteiger partial charge in [0.25, 0.3) is 0 Å². The highest BCUT2D eigenvalue weighted by atomic mass is 16.3. The molecule has 0 fully saturated rings. The van der Waals surface area contributed by atoms with E-state index < -0.39 is 11.7 Å². The molecule has 0 aromatic heterocycles. The predicted octanol–water partition coefficient (Wildman–Crippen LogP) is 2.94. The summed E-state index contributed by atoms with van der Waals surface area (Å²) >= 11 is 0. The number of benzene rings is 2. The van der Waals surface area contributed by atoms with Gasteiger partial charge in [-0.25, -0.2) is 0 Å². The molecule has 0 spiro atoms. The van der Waals surface area contributed by atoms with Crippen LogP contribution < -0.4 is 0 Å². The molecule has 2 aromatic carbocycles. The molecular weight excluding hydrogens is 224 g/mol. The minimum Gasteiger partial charge on any atom is -0.385 e. The lowest BCUT2D eigenvalue weighted by molar-refractivity contribution is -0.0690. The first kappa shape index (κ1) is 12.8. The average Bonchev–Trinajstić information content (AvgIpc) is 2.40. The van der Waals surface area contributed by atoms with Crippen LogP contribution >= 0.6 is 0 Å². The fraction of sp³-hybridized carbons (Fsp3) is 0.250. The number of aliphatic hydroxyl groups is 2. The van der Waals surface area contributed by atoms with Crippen molar-refractivity contribution in [2.45, 2.75) is 25.6 Å². The van der Waals surface area contributed by atoms with Crippen molar-refractivity contribution in [1.29, 1.82) is 0 Å². The second kappa shape index (κ2) is 4.92. The number of hydrogen-bond acceptors (Lipinski definition) is 2. The Morgan fingerprint density at radius 3 is 2.06 bits per heavy atom. The van der Waals surface area contributed by atoms with Gasteiger partial charge in [0.15, 0.2) is 0 Å². The van der Waals surface area contributed by atoms with Crippen molar-refractivity contribution < 1.29 is 10.2 Å². The molecule has 2 nitrogen and oxygen atoms in total. The standard InChI is InChI=1S/C16H18O2/c1-12-8-10-13(11-9-12)15(17)16(2,18)14-6-4-3-5-7-14/h3-11,15,17-18H,1-2H3/t15-,16-/m0/s1. The van der Waals surface area contributed by atoms with Crippen LogP contribution in [0.15, 0.2) is 54.6 Å². The summed E-state index contributed by atoms with van der Waals surface area (Å²) in [7, 11) is 0. The Morgan fingerprint density at radius 2 is 1.50 bits per heavy atom. The Kier molecular flexibility index (Phi) is 3.50. The number of aryl methyl sites for hydroxylation is 1. The van der Waals surface area contributed by atoms with E-state index in [0.717, 1.165) is 11.1 Å². The summed E-state index contributed by atoms with van der Waals surface area (Å²) < 4.78 is 0. The summed E-state index contributed by atoms with van der Waals surface area (Å²) in [5, 5.41) is 20.9. The molecule has 2 aromatic rings. The van der Waals surface area contributed by atoms with Crippen molar-refractivity contribution in [3.05, 3.63) is 71.3 Å². The normalized spacial score (nSPS) is 16.0. The largest absolute Gasteiger partial charge is 0.385 e. The van der Waals surface area contributed by atoms with Gasteiger partial charge in [0.1, 0.15) is 11.7 Å². The molecule has 0 unspecified atom stereocenters. The van der Waals surface area contributed by atoms with Crippen molar-refractivity contribution in [1.82, 2.24) is 0 Å². The summed E-state index contributed by atoms with van der Waals surface area (Å²) in [6, 6.07) is 16.8. The molecule has 0 radical (unpaired) electrons. The van der Waals surface area contributed by atoms with E-state index in [1.807, 2.05) is 61.5 Å². The smallest absolute Gasteiger partial charge is 0.117 e. The third-order valence-electron chi connectivity index (χ3n) is 3.28. The van der Waals surface area contributed by atoms with Crippen molar-refractivity contribution in [3.8, 4) is 0 Å². The third kappa shape index (κ3) is 2.45. The Labute approximate surface area is 108 Å². The summed E-state index contributed by atoms with van der Waals surface area (Å²) in [5.74, 6) is 0. The minimum atomic E-state index is -1.30. The number of hydrogen-bond donors (Lipinski definition) is 2. The van der Waals surface area contributed by atoms with Crippen LogP contribution in [0.4, 0.5) is 0 Å². The van der Waals surface area contributed by atoms with E-state index in [4.69, 9.17) is 0 Å². The van der Waals surface area contributed by atoms with Crippen LogP contribution in [0, 0.1) is 6.92 Å². The van der Waals surface area contributed by atoms with Gasteiger partial charge in [0, 0.05) is 0 Å². The van der Waals surface area contributed by atoms with Gasteiger partial charge in [-0.05, 0) is 25.0 Å². The predicted molar refractivity (Wildman–Crippen MR) is 72.2 cm³/mol. The van der Waals surface area contributed by atoms with E-state index in [2.05, 4.69) is 0 Å². The van der Waals surface area contributed by atoms with Crippen molar-refractivity contribution in [2.75, 3.05) is 0 Å². The van der Waals surface area contributed by atoms with E-state index in [1.54, 1.807) is 6.92 Å². The Hall–Kier alpha value is -1.64. The van der Waals surface area contributed by atoms with Crippen LogP contribution in [0.1, 0.15) is 29.7 Å².